The van der Waals surface area contributed by atoms with Gasteiger partial charge >= 0.3 is 0 Å². The van der Waals surface area contributed by atoms with Gasteiger partial charge in [-0.2, -0.15) is 8.42 Å². The lowest BCUT2D eigenvalue weighted by Gasteiger charge is -2.14. The molecule has 7 heteroatoms. The Labute approximate surface area is 142 Å². The smallest absolute Gasteiger partial charge is 0.294 e. The minimum absolute atomic E-state index is 0.0741. The van der Waals surface area contributed by atoms with Crippen LogP contribution in [-0.2, 0) is 23.2 Å². The molecule has 0 saturated heterocycles. The van der Waals surface area contributed by atoms with Crippen molar-refractivity contribution < 1.29 is 13.0 Å². The molecule has 2 aliphatic rings. The molecule has 1 aliphatic carbocycles. The van der Waals surface area contributed by atoms with Gasteiger partial charge in [-0.25, -0.2) is 4.98 Å². The second-order valence-electron chi connectivity index (χ2n) is 6.49. The molecule has 1 fully saturated rings. The van der Waals surface area contributed by atoms with Crippen LogP contribution >= 0.6 is 0 Å². The molecule has 0 amide bonds. The number of benzene rings is 1. The number of rotatable bonds is 3. The molecule has 24 heavy (non-hydrogen) atoms. The van der Waals surface area contributed by atoms with E-state index in [9.17, 15) is 8.42 Å². The average molecular weight is 349 g/mol. The van der Waals surface area contributed by atoms with Crippen molar-refractivity contribution in [3.63, 3.8) is 0 Å². The van der Waals surface area contributed by atoms with Crippen LogP contribution in [0.15, 0.2) is 35.2 Å². The van der Waals surface area contributed by atoms with Crippen molar-refractivity contribution in [2.45, 2.75) is 56.6 Å². The van der Waals surface area contributed by atoms with E-state index in [-0.39, 0.29) is 4.90 Å². The van der Waals surface area contributed by atoms with Crippen molar-refractivity contribution in [3.05, 3.63) is 47.5 Å². The van der Waals surface area contributed by atoms with Crippen molar-refractivity contribution in [1.82, 2.24) is 14.9 Å². The Morgan fingerprint density at radius 3 is 2.38 bits per heavy atom. The highest BCUT2D eigenvalue weighted by Gasteiger charge is 2.32. The monoisotopic (exact) mass is 349 g/mol. The number of nitrogens with one attached hydrogen (secondary N) is 1. The zero-order chi connectivity index (χ0) is 17.3. The van der Waals surface area contributed by atoms with Crippen LogP contribution in [0.25, 0.3) is 0 Å². The molecule has 130 valence electrons. The van der Waals surface area contributed by atoms with E-state index in [1.54, 1.807) is 18.2 Å². The van der Waals surface area contributed by atoms with Crippen LogP contribution in [-0.4, -0.2) is 22.5 Å². The Balaban J connectivity index is 0.000000150. The molecule has 1 aromatic heterocycles. The Morgan fingerprint density at radius 2 is 1.88 bits per heavy atom. The molecule has 1 aromatic carbocycles. The number of nitrogens with zero attached hydrogens (tertiary/aromatic N) is 2. The van der Waals surface area contributed by atoms with Gasteiger partial charge < -0.3 is 9.88 Å². The minimum Gasteiger partial charge on any atom is -0.328 e. The van der Waals surface area contributed by atoms with Crippen LogP contribution in [0.1, 0.15) is 55.9 Å². The summed E-state index contributed by atoms with van der Waals surface area (Å²) in [5, 5.41) is 3.37. The zero-order valence-corrected chi connectivity index (χ0v) is 14.8. The fraction of sp³-hybridized carbons (Fsp3) is 0.471. The maximum absolute atomic E-state index is 10.4. The zero-order valence-electron chi connectivity index (χ0n) is 13.9. The van der Waals surface area contributed by atoms with Gasteiger partial charge in [-0.05, 0) is 38.8 Å². The molecule has 0 bridgehead atoms. The fourth-order valence-electron chi connectivity index (χ4n) is 2.96. The molecule has 0 atom stereocenters. The SMILES string of the molecule is CC(C)n1c(C2CC2)nc2c1CNC2.O=S(=O)(O)c1ccccc1. The van der Waals surface area contributed by atoms with Crippen molar-refractivity contribution in [1.29, 1.82) is 0 Å². The number of fused-ring (bicyclic) bond motifs is 1. The normalized spacial score (nSPS) is 16.7. The van der Waals surface area contributed by atoms with Crippen LogP contribution in [0.3, 0.4) is 0 Å². The Bertz CT molecular complexity index is 809. The quantitative estimate of drug-likeness (QED) is 0.833. The Kier molecular flexibility index (Phi) is 4.76. The van der Waals surface area contributed by atoms with E-state index in [2.05, 4.69) is 23.7 Å². The predicted octanol–water partition coefficient (Wildman–Crippen LogP) is 2.88. The molecule has 4 rings (SSSR count). The molecule has 1 aliphatic heterocycles. The summed E-state index contributed by atoms with van der Waals surface area (Å²) < 4.78 is 31.7. The topological polar surface area (TPSA) is 84.2 Å². The average Bonchev–Trinajstić information content (AvgIpc) is 3.16. The van der Waals surface area contributed by atoms with Gasteiger partial charge in [0, 0.05) is 25.0 Å². The highest BCUT2D eigenvalue weighted by Crippen LogP contribution is 2.41. The van der Waals surface area contributed by atoms with E-state index in [1.807, 2.05) is 0 Å². The van der Waals surface area contributed by atoms with Crippen LogP contribution in [0.4, 0.5) is 0 Å². The Morgan fingerprint density at radius 1 is 1.21 bits per heavy atom. The summed E-state index contributed by atoms with van der Waals surface area (Å²) in [5.41, 5.74) is 2.72. The third-order valence-corrected chi connectivity index (χ3v) is 5.07. The molecule has 0 unspecified atom stereocenters. The second-order valence-corrected chi connectivity index (χ2v) is 7.91. The molecular formula is C17H23N3O3S. The third kappa shape index (κ3) is 3.68. The molecule has 0 radical (unpaired) electrons. The number of hydrogen-bond donors (Lipinski definition) is 2. The summed E-state index contributed by atoms with van der Waals surface area (Å²) in [6.45, 7) is 6.49. The largest absolute Gasteiger partial charge is 0.328 e. The first-order chi connectivity index (χ1) is 11.4. The van der Waals surface area contributed by atoms with E-state index in [1.165, 1.54) is 42.2 Å². The van der Waals surface area contributed by atoms with Crippen LogP contribution < -0.4 is 5.32 Å². The molecule has 2 N–H and O–H groups in total. The predicted molar refractivity (Wildman–Crippen MR) is 91.4 cm³/mol. The summed E-state index contributed by atoms with van der Waals surface area (Å²) in [4.78, 5) is 4.70. The number of hydrogen-bond acceptors (Lipinski definition) is 4. The fourth-order valence-corrected chi connectivity index (χ4v) is 3.46. The van der Waals surface area contributed by atoms with Gasteiger partial charge in [0.25, 0.3) is 10.1 Å². The van der Waals surface area contributed by atoms with Gasteiger partial charge in [0.1, 0.15) is 5.82 Å². The van der Waals surface area contributed by atoms with Gasteiger partial charge in [-0.15, -0.1) is 0 Å². The number of aromatic nitrogens is 2. The highest BCUT2D eigenvalue weighted by molar-refractivity contribution is 7.85. The van der Waals surface area contributed by atoms with E-state index < -0.39 is 10.1 Å². The van der Waals surface area contributed by atoms with Crippen molar-refractivity contribution in [3.8, 4) is 0 Å². The molecule has 1 saturated carbocycles. The molecular weight excluding hydrogens is 326 g/mol. The van der Waals surface area contributed by atoms with Crippen LogP contribution in [0.2, 0.25) is 0 Å². The van der Waals surface area contributed by atoms with Gasteiger partial charge in [-0.1, -0.05) is 18.2 Å². The summed E-state index contributed by atoms with van der Waals surface area (Å²) in [5.74, 6) is 2.12. The number of imidazole rings is 1. The van der Waals surface area contributed by atoms with Crippen molar-refractivity contribution in [2.24, 2.45) is 0 Å². The van der Waals surface area contributed by atoms with Gasteiger partial charge in [-0.3, -0.25) is 4.55 Å². The first-order valence-electron chi connectivity index (χ1n) is 8.21. The Hall–Kier alpha value is -1.70. The minimum atomic E-state index is -4.00. The molecule has 0 spiro atoms. The lowest BCUT2D eigenvalue weighted by molar-refractivity contribution is 0.483. The van der Waals surface area contributed by atoms with Gasteiger partial charge in [0.15, 0.2) is 0 Å². The molecule has 2 heterocycles. The van der Waals surface area contributed by atoms with Crippen LogP contribution in [0.5, 0.6) is 0 Å². The van der Waals surface area contributed by atoms with Gasteiger partial charge in [0.05, 0.1) is 16.3 Å². The molecule has 6 nitrogen and oxygen atoms in total. The summed E-state index contributed by atoms with van der Waals surface area (Å²) in [6.07, 6.45) is 2.69. The highest BCUT2D eigenvalue weighted by atomic mass is 32.2. The van der Waals surface area contributed by atoms with Crippen LogP contribution in [0, 0.1) is 0 Å². The molecule has 2 aromatic rings. The summed E-state index contributed by atoms with van der Waals surface area (Å²) in [6, 6.07) is 7.98. The van der Waals surface area contributed by atoms with E-state index in [4.69, 9.17) is 9.54 Å². The first-order valence-corrected chi connectivity index (χ1v) is 9.65. The van der Waals surface area contributed by atoms with E-state index >= 15 is 0 Å². The third-order valence-electron chi connectivity index (χ3n) is 4.21. The van der Waals surface area contributed by atoms with E-state index in [0.717, 1.165) is 19.0 Å². The summed E-state index contributed by atoms with van der Waals surface area (Å²) >= 11 is 0. The van der Waals surface area contributed by atoms with Crippen molar-refractivity contribution in [2.75, 3.05) is 0 Å². The summed E-state index contributed by atoms with van der Waals surface area (Å²) in [7, 11) is -4.00. The first kappa shape index (κ1) is 17.1. The van der Waals surface area contributed by atoms with E-state index in [0.29, 0.717) is 6.04 Å². The lowest BCUT2D eigenvalue weighted by atomic mass is 10.3. The second kappa shape index (κ2) is 6.66. The standard InChI is InChI=1S/C11H17N3.C6H6O3S/c1-7(2)14-10-6-12-5-9(10)13-11(14)8-3-4-8;7-10(8,9)6-4-2-1-3-5-6/h7-8,12H,3-6H2,1-2H3;1-5H,(H,7,8,9). The maximum Gasteiger partial charge on any atom is 0.294 e. The lowest BCUT2D eigenvalue weighted by Crippen LogP contribution is -2.12. The maximum atomic E-state index is 10.4. The van der Waals surface area contributed by atoms with Crippen molar-refractivity contribution >= 4 is 10.1 Å². The van der Waals surface area contributed by atoms with Gasteiger partial charge in [0.2, 0.25) is 0 Å².